The van der Waals surface area contributed by atoms with Crippen LogP contribution < -0.4 is 21.3 Å². The van der Waals surface area contributed by atoms with Crippen molar-refractivity contribution in [3.05, 3.63) is 54.1 Å². The van der Waals surface area contributed by atoms with Crippen LogP contribution in [-0.4, -0.2) is 121 Å². The van der Waals surface area contributed by atoms with Gasteiger partial charge in [0.05, 0.1) is 16.6 Å². The SMILES string of the molecule is CC(C)n1nc(-c2noc(C3CC3)c2-c2ncc(C3CCN(C(=O)OC4CC5(CC(CN6CCN(c7ccc(N[C@@H]8CCC(=O)NC8=O)cc7F)CC6)C5)C4)CC3)cn2)c2c(N)ncnc21. The Morgan fingerprint density at radius 3 is 2.41 bits per heavy atom. The van der Waals surface area contributed by atoms with Crippen LogP contribution in [0.1, 0.15) is 107 Å². The van der Waals surface area contributed by atoms with Crippen molar-refractivity contribution in [2.45, 2.75) is 108 Å². The van der Waals surface area contributed by atoms with Crippen LogP contribution >= 0.6 is 0 Å². The van der Waals surface area contributed by atoms with Gasteiger partial charge < -0.3 is 30.1 Å². The van der Waals surface area contributed by atoms with Gasteiger partial charge in [0.2, 0.25) is 11.8 Å². The summed E-state index contributed by atoms with van der Waals surface area (Å²) in [5, 5.41) is 15.4. The Hall–Kier alpha value is -6.24. The van der Waals surface area contributed by atoms with Gasteiger partial charge in [0.15, 0.2) is 17.2 Å². The van der Waals surface area contributed by atoms with Crippen molar-refractivity contribution in [2.75, 3.05) is 61.8 Å². The first-order valence-corrected chi connectivity index (χ1v) is 23.6. The molecule has 0 bridgehead atoms. The van der Waals surface area contributed by atoms with E-state index in [2.05, 4.69) is 35.6 Å². The van der Waals surface area contributed by atoms with Gasteiger partial charge in [-0.25, -0.2) is 33.8 Å². The molecule has 1 atom stereocenters. The fourth-order valence-corrected chi connectivity index (χ4v) is 11.2. The summed E-state index contributed by atoms with van der Waals surface area (Å²) in [4.78, 5) is 61.8. The number of hydrogen-bond acceptors (Lipinski definition) is 15. The monoisotopic (exact) mass is 901 g/mol. The smallest absolute Gasteiger partial charge is 0.410 e. The number of ether oxygens (including phenoxy) is 1. The van der Waals surface area contributed by atoms with Crippen molar-refractivity contribution in [1.82, 2.24) is 50.0 Å². The number of hydrogen-bond donors (Lipinski definition) is 3. The van der Waals surface area contributed by atoms with E-state index in [4.69, 9.17) is 30.1 Å². The maximum absolute atomic E-state index is 15.2. The van der Waals surface area contributed by atoms with Crippen LogP contribution in [0.5, 0.6) is 0 Å². The van der Waals surface area contributed by atoms with Crippen molar-refractivity contribution in [3.63, 3.8) is 0 Å². The fourth-order valence-electron chi connectivity index (χ4n) is 11.2. The van der Waals surface area contributed by atoms with Gasteiger partial charge in [-0.2, -0.15) is 5.10 Å². The number of piperidine rings is 2. The first-order valence-electron chi connectivity index (χ1n) is 23.6. The topological polar surface area (TPSA) is 216 Å². The summed E-state index contributed by atoms with van der Waals surface area (Å²) in [6, 6.07) is 4.49. The maximum atomic E-state index is 15.2. The first kappa shape index (κ1) is 42.4. The molecular weight excluding hydrogens is 846 g/mol. The van der Waals surface area contributed by atoms with Crippen molar-refractivity contribution < 1.29 is 28.0 Å². The van der Waals surface area contributed by atoms with Crippen molar-refractivity contribution in [2.24, 2.45) is 11.3 Å². The molecule has 66 heavy (non-hydrogen) atoms. The molecule has 4 aromatic heterocycles. The van der Waals surface area contributed by atoms with Crippen LogP contribution in [0.2, 0.25) is 0 Å². The molecule has 1 spiro atoms. The summed E-state index contributed by atoms with van der Waals surface area (Å²) < 4.78 is 29.0. The molecule has 4 N–H and O–H groups in total. The van der Waals surface area contributed by atoms with Gasteiger partial charge in [-0.05, 0) is 113 Å². The minimum absolute atomic E-state index is 0.0231. The van der Waals surface area contributed by atoms with Crippen LogP contribution in [0.3, 0.4) is 0 Å². The molecule has 3 amide bonds. The summed E-state index contributed by atoms with van der Waals surface area (Å²) >= 11 is 0. The average molecular weight is 902 g/mol. The third kappa shape index (κ3) is 8.08. The van der Waals surface area contributed by atoms with E-state index in [0.29, 0.717) is 76.3 Å². The number of nitrogens with one attached hydrogen (secondary N) is 2. The Bertz CT molecular complexity index is 2650. The van der Waals surface area contributed by atoms with Crippen LogP contribution in [-0.2, 0) is 14.3 Å². The number of anilines is 3. The average Bonchev–Trinajstić information content (AvgIpc) is 3.91. The lowest BCUT2D eigenvalue weighted by Gasteiger charge is -2.58. The van der Waals surface area contributed by atoms with E-state index in [1.165, 1.54) is 12.4 Å². The zero-order valence-corrected chi connectivity index (χ0v) is 37.4. The largest absolute Gasteiger partial charge is 0.446 e. The quantitative estimate of drug-likeness (QED) is 0.129. The number of halogens is 1. The zero-order chi connectivity index (χ0) is 45.3. The molecule has 0 radical (unpaired) electrons. The highest BCUT2D eigenvalue weighted by Gasteiger charge is 2.54. The minimum atomic E-state index is -0.552. The van der Waals surface area contributed by atoms with E-state index in [9.17, 15) is 14.4 Å². The first-order chi connectivity index (χ1) is 32.0. The molecule has 3 saturated carbocycles. The third-order valence-electron chi connectivity index (χ3n) is 14.8. The molecule has 6 aliphatic rings. The van der Waals surface area contributed by atoms with E-state index >= 15 is 4.39 Å². The normalized spacial score (nSPS) is 25.0. The maximum Gasteiger partial charge on any atom is 0.410 e. The van der Waals surface area contributed by atoms with E-state index in [1.807, 2.05) is 35.8 Å². The standard InChI is InChI=1S/C47H56FN13O5/c1-26(2)61-44-38(42(49)52-25-53-44)39(56-61)40-37(41(66-57-40)29-3-4-29)43-50-22-30(23-51-43)28-9-11-60(12-10-28)46(64)65-32-20-47(21-32)18-27(19-47)24-58-13-15-59(16-14-58)35-7-5-31(17-33(35)48)54-34-6-8-36(62)55-45(34)63/h5,7,17,22-23,25-29,32,34,54H,3-4,6,8-16,18-21,24H2,1-2H3,(H2,49,52,53)(H,55,62,63)/t27?,32?,34-,47?/m1/s1. The van der Waals surface area contributed by atoms with E-state index < -0.39 is 6.04 Å². The predicted molar refractivity (Wildman–Crippen MR) is 242 cm³/mol. The Morgan fingerprint density at radius 2 is 1.71 bits per heavy atom. The number of amides is 3. The summed E-state index contributed by atoms with van der Waals surface area (Å²) in [5.74, 6) is 1.73. The number of carbonyl (C=O) groups is 3. The highest BCUT2D eigenvalue weighted by molar-refractivity contribution is 6.02. The lowest BCUT2D eigenvalue weighted by atomic mass is 9.50. The molecule has 7 heterocycles. The number of aromatic nitrogens is 7. The number of fused-ring (bicyclic) bond motifs is 1. The summed E-state index contributed by atoms with van der Waals surface area (Å²) in [6.45, 7) is 9.58. The number of carbonyl (C=O) groups excluding carboxylic acids is 3. The zero-order valence-electron chi connectivity index (χ0n) is 37.4. The Kier molecular flexibility index (Phi) is 10.8. The number of nitrogen functional groups attached to an aromatic ring is 1. The molecule has 346 valence electrons. The molecule has 3 aliphatic carbocycles. The number of rotatable bonds is 11. The van der Waals surface area contributed by atoms with Gasteiger partial charge in [0.25, 0.3) is 0 Å². The van der Waals surface area contributed by atoms with Gasteiger partial charge in [-0.15, -0.1) is 0 Å². The molecule has 19 heteroatoms. The Morgan fingerprint density at radius 1 is 0.955 bits per heavy atom. The molecule has 11 rings (SSSR count). The molecule has 3 saturated heterocycles. The predicted octanol–water partition coefficient (Wildman–Crippen LogP) is 6.03. The summed E-state index contributed by atoms with van der Waals surface area (Å²) in [7, 11) is 0. The molecule has 3 aliphatic heterocycles. The van der Waals surface area contributed by atoms with Gasteiger partial charge in [-0.3, -0.25) is 19.8 Å². The van der Waals surface area contributed by atoms with Gasteiger partial charge in [0.1, 0.15) is 41.5 Å². The minimum Gasteiger partial charge on any atom is -0.446 e. The van der Waals surface area contributed by atoms with Crippen LogP contribution in [0.25, 0.3) is 33.8 Å². The van der Waals surface area contributed by atoms with Gasteiger partial charge in [-0.1, -0.05) is 5.16 Å². The van der Waals surface area contributed by atoms with Crippen LogP contribution in [0.15, 0.2) is 41.4 Å². The van der Waals surface area contributed by atoms with Crippen LogP contribution in [0.4, 0.5) is 26.4 Å². The third-order valence-corrected chi connectivity index (χ3v) is 14.8. The summed E-state index contributed by atoms with van der Waals surface area (Å²) in [6.07, 6.45) is 13.5. The number of piperazine rings is 1. The van der Waals surface area contributed by atoms with Gasteiger partial charge in [0, 0.05) is 82.3 Å². The second kappa shape index (κ2) is 16.9. The highest BCUT2D eigenvalue weighted by Crippen LogP contribution is 2.60. The molecular formula is C47H56FN13O5. The fraction of sp³-hybridized carbons (Fsp3) is 0.553. The van der Waals surface area contributed by atoms with Crippen molar-refractivity contribution in [3.8, 4) is 22.8 Å². The van der Waals surface area contributed by atoms with E-state index in [-0.39, 0.29) is 54.1 Å². The number of nitrogens with two attached hydrogens (primary N) is 1. The number of nitrogens with zero attached hydrogens (tertiary/aromatic N) is 10. The number of imide groups is 1. The lowest BCUT2D eigenvalue weighted by molar-refractivity contribution is -0.133. The number of likely N-dealkylation sites (tertiary alicyclic amines) is 1. The summed E-state index contributed by atoms with van der Waals surface area (Å²) in [5.41, 5.74) is 11.3. The van der Waals surface area contributed by atoms with E-state index in [0.717, 1.165) is 101 Å². The van der Waals surface area contributed by atoms with E-state index in [1.54, 1.807) is 12.1 Å². The highest BCUT2D eigenvalue weighted by atomic mass is 19.1. The molecule has 5 aromatic rings. The van der Waals surface area contributed by atoms with Crippen molar-refractivity contribution >= 4 is 46.1 Å². The Labute approximate surface area is 381 Å². The second-order valence-corrected chi connectivity index (χ2v) is 19.8. The lowest BCUT2D eigenvalue weighted by Crippen LogP contribution is -2.56. The molecule has 0 unspecified atom stereocenters. The second-order valence-electron chi connectivity index (χ2n) is 19.8. The molecule has 1 aromatic carbocycles. The number of benzene rings is 1. The van der Waals surface area contributed by atoms with Gasteiger partial charge >= 0.3 is 6.09 Å². The van der Waals surface area contributed by atoms with Crippen molar-refractivity contribution in [1.29, 1.82) is 0 Å². The Balaban J connectivity index is 0.625. The van der Waals surface area contributed by atoms with Crippen LogP contribution in [0, 0.1) is 17.2 Å². The molecule has 18 nitrogen and oxygen atoms in total. The molecule has 6 fully saturated rings.